The molecule has 108 valence electrons. The lowest BCUT2D eigenvalue weighted by atomic mass is 10.2. The van der Waals surface area contributed by atoms with Crippen molar-refractivity contribution >= 4 is 21.6 Å². The van der Waals surface area contributed by atoms with Gasteiger partial charge < -0.3 is 9.47 Å². The largest absolute Gasteiger partial charge is 0.382 e. The Morgan fingerprint density at radius 2 is 2.00 bits per heavy atom. The molecule has 0 amide bonds. The van der Waals surface area contributed by atoms with Crippen molar-refractivity contribution in [2.24, 2.45) is 0 Å². The fourth-order valence-electron chi connectivity index (χ4n) is 1.55. The van der Waals surface area contributed by atoms with Crippen molar-refractivity contribution in [3.05, 3.63) is 29.8 Å². The summed E-state index contributed by atoms with van der Waals surface area (Å²) in [6.07, 6.45) is -0.331. The highest BCUT2D eigenvalue weighted by molar-refractivity contribution is 7.89. The normalized spacial score (nSPS) is 13.4. The molecule has 0 aliphatic rings. The van der Waals surface area contributed by atoms with Crippen molar-refractivity contribution in [1.29, 1.82) is 0 Å². The number of nitrogens with one attached hydrogen (secondary N) is 1. The van der Waals surface area contributed by atoms with E-state index in [2.05, 4.69) is 4.72 Å². The molecule has 1 unspecified atom stereocenters. The van der Waals surface area contributed by atoms with Crippen LogP contribution in [-0.2, 0) is 25.4 Å². The van der Waals surface area contributed by atoms with Crippen LogP contribution in [0.3, 0.4) is 0 Å². The molecular weight excluding hydrogens is 290 g/mol. The summed E-state index contributed by atoms with van der Waals surface area (Å²) in [4.78, 5) is 0.192. The Morgan fingerprint density at radius 1 is 1.32 bits per heavy atom. The van der Waals surface area contributed by atoms with E-state index in [1.54, 1.807) is 18.2 Å². The average molecular weight is 308 g/mol. The van der Waals surface area contributed by atoms with E-state index in [1.807, 2.05) is 0 Å². The maximum atomic E-state index is 12.2. The predicted molar refractivity (Wildman–Crippen MR) is 73.9 cm³/mol. The molecule has 1 atom stereocenters. The minimum absolute atomic E-state index is 0.142. The van der Waals surface area contributed by atoms with Gasteiger partial charge >= 0.3 is 0 Å². The summed E-state index contributed by atoms with van der Waals surface area (Å²) < 4.78 is 36.9. The molecule has 0 aromatic heterocycles. The van der Waals surface area contributed by atoms with Crippen LogP contribution in [0.4, 0.5) is 0 Å². The van der Waals surface area contributed by atoms with Crippen molar-refractivity contribution in [3.63, 3.8) is 0 Å². The quantitative estimate of drug-likeness (QED) is 0.737. The highest BCUT2D eigenvalue weighted by Crippen LogP contribution is 2.17. The first-order valence-corrected chi connectivity index (χ1v) is 7.72. The Bertz CT molecular complexity index is 492. The smallest absolute Gasteiger partial charge is 0.240 e. The summed E-state index contributed by atoms with van der Waals surface area (Å²) in [5.74, 6) is 0.142. The third kappa shape index (κ3) is 4.74. The van der Waals surface area contributed by atoms with Crippen LogP contribution in [0.25, 0.3) is 0 Å². The van der Waals surface area contributed by atoms with Crippen molar-refractivity contribution < 1.29 is 17.9 Å². The van der Waals surface area contributed by atoms with E-state index in [4.69, 9.17) is 21.1 Å². The van der Waals surface area contributed by atoms with Crippen LogP contribution in [0.1, 0.15) is 5.56 Å². The molecule has 0 spiro atoms. The molecule has 0 bridgehead atoms. The van der Waals surface area contributed by atoms with E-state index in [1.165, 1.54) is 20.3 Å². The van der Waals surface area contributed by atoms with E-state index in [0.717, 1.165) is 0 Å². The van der Waals surface area contributed by atoms with Crippen LogP contribution >= 0.6 is 11.6 Å². The third-order valence-electron chi connectivity index (χ3n) is 2.59. The molecule has 19 heavy (non-hydrogen) atoms. The molecule has 0 fully saturated rings. The molecule has 0 saturated heterocycles. The molecule has 1 N–H and O–H groups in total. The van der Waals surface area contributed by atoms with Gasteiger partial charge in [-0.25, -0.2) is 13.1 Å². The standard InChI is InChI=1S/C12H18ClNO4S/c1-17-9-11(18-2)8-14-19(15,16)12-6-4-3-5-10(12)7-13/h3-6,11,14H,7-9H2,1-2H3. The highest BCUT2D eigenvalue weighted by Gasteiger charge is 2.19. The first-order valence-electron chi connectivity index (χ1n) is 5.70. The van der Waals surface area contributed by atoms with Gasteiger partial charge in [-0.3, -0.25) is 0 Å². The zero-order chi connectivity index (χ0) is 14.3. The van der Waals surface area contributed by atoms with Crippen LogP contribution < -0.4 is 4.72 Å². The second-order valence-electron chi connectivity index (χ2n) is 3.91. The minimum atomic E-state index is -3.60. The molecule has 0 radical (unpaired) electrons. The lowest BCUT2D eigenvalue weighted by molar-refractivity contribution is 0.0320. The highest BCUT2D eigenvalue weighted by atomic mass is 35.5. The number of methoxy groups -OCH3 is 2. The van der Waals surface area contributed by atoms with Gasteiger partial charge in [0.15, 0.2) is 0 Å². The van der Waals surface area contributed by atoms with E-state index in [0.29, 0.717) is 12.2 Å². The van der Waals surface area contributed by atoms with Gasteiger partial charge in [0.2, 0.25) is 10.0 Å². The van der Waals surface area contributed by atoms with Gasteiger partial charge in [0.05, 0.1) is 17.6 Å². The number of benzene rings is 1. The van der Waals surface area contributed by atoms with Gasteiger partial charge in [0.25, 0.3) is 0 Å². The summed E-state index contributed by atoms with van der Waals surface area (Å²) in [5, 5.41) is 0. The average Bonchev–Trinajstić information content (AvgIpc) is 2.43. The van der Waals surface area contributed by atoms with Gasteiger partial charge in [-0.2, -0.15) is 0 Å². The molecule has 0 heterocycles. The monoisotopic (exact) mass is 307 g/mol. The van der Waals surface area contributed by atoms with Gasteiger partial charge in [-0.15, -0.1) is 11.6 Å². The Kier molecular flexibility index (Phi) is 6.74. The Labute approximate surface area is 118 Å². The summed E-state index contributed by atoms with van der Waals surface area (Å²) >= 11 is 5.74. The number of ether oxygens (including phenoxy) is 2. The van der Waals surface area contributed by atoms with Crippen molar-refractivity contribution in [3.8, 4) is 0 Å². The fourth-order valence-corrected chi connectivity index (χ4v) is 3.17. The van der Waals surface area contributed by atoms with E-state index < -0.39 is 10.0 Å². The van der Waals surface area contributed by atoms with Crippen LogP contribution in [0.5, 0.6) is 0 Å². The zero-order valence-corrected chi connectivity index (χ0v) is 12.5. The van der Waals surface area contributed by atoms with Gasteiger partial charge in [-0.1, -0.05) is 18.2 Å². The Hall–Kier alpha value is -0.660. The summed E-state index contributed by atoms with van der Waals surface area (Å²) in [7, 11) is -0.561. The van der Waals surface area contributed by atoms with Gasteiger partial charge in [0.1, 0.15) is 0 Å². The van der Waals surface area contributed by atoms with E-state index in [-0.39, 0.29) is 23.4 Å². The van der Waals surface area contributed by atoms with Gasteiger partial charge in [0, 0.05) is 26.6 Å². The van der Waals surface area contributed by atoms with Crippen molar-refractivity contribution in [2.75, 3.05) is 27.4 Å². The number of hydrogen-bond donors (Lipinski definition) is 1. The summed E-state index contributed by atoms with van der Waals surface area (Å²) in [6, 6.07) is 6.62. The molecule has 1 rings (SSSR count). The Morgan fingerprint density at radius 3 is 2.58 bits per heavy atom. The van der Waals surface area contributed by atoms with Crippen LogP contribution in [0, 0.1) is 0 Å². The molecule has 1 aromatic rings. The number of alkyl halides is 1. The lowest BCUT2D eigenvalue weighted by Gasteiger charge is -2.16. The van der Waals surface area contributed by atoms with Crippen molar-refractivity contribution in [2.45, 2.75) is 16.9 Å². The molecule has 0 saturated carbocycles. The maximum Gasteiger partial charge on any atom is 0.240 e. The summed E-state index contributed by atoms with van der Waals surface area (Å²) in [5.41, 5.74) is 0.567. The predicted octanol–water partition coefficient (Wildman–Crippen LogP) is 1.37. The second-order valence-corrected chi connectivity index (χ2v) is 5.91. The minimum Gasteiger partial charge on any atom is -0.382 e. The number of sulfonamides is 1. The molecule has 1 aromatic carbocycles. The molecule has 5 nitrogen and oxygen atoms in total. The van der Waals surface area contributed by atoms with Crippen LogP contribution in [0.2, 0.25) is 0 Å². The molecule has 7 heteroatoms. The zero-order valence-electron chi connectivity index (χ0n) is 10.9. The summed E-state index contributed by atoms with van der Waals surface area (Å²) in [6.45, 7) is 0.458. The second kappa shape index (κ2) is 7.81. The third-order valence-corrected chi connectivity index (χ3v) is 4.40. The first kappa shape index (κ1) is 16.4. The number of hydrogen-bond acceptors (Lipinski definition) is 4. The SMILES string of the molecule is COCC(CNS(=O)(=O)c1ccccc1CCl)OC. The van der Waals surface area contributed by atoms with Gasteiger partial charge in [-0.05, 0) is 11.6 Å². The molecule has 0 aliphatic heterocycles. The molecule has 0 aliphatic carbocycles. The van der Waals surface area contributed by atoms with Crippen LogP contribution in [-0.4, -0.2) is 41.9 Å². The van der Waals surface area contributed by atoms with E-state index >= 15 is 0 Å². The molecular formula is C12H18ClNO4S. The Balaban J connectivity index is 2.81. The number of halogens is 1. The first-order chi connectivity index (χ1) is 9.05. The number of rotatable bonds is 8. The topological polar surface area (TPSA) is 64.6 Å². The lowest BCUT2D eigenvalue weighted by Crippen LogP contribution is -2.35. The maximum absolute atomic E-state index is 12.2. The van der Waals surface area contributed by atoms with Crippen LogP contribution in [0.15, 0.2) is 29.2 Å². The van der Waals surface area contributed by atoms with E-state index in [9.17, 15) is 8.42 Å². The fraction of sp³-hybridized carbons (Fsp3) is 0.500. The van der Waals surface area contributed by atoms with Crippen molar-refractivity contribution in [1.82, 2.24) is 4.72 Å².